The van der Waals surface area contributed by atoms with E-state index in [0.717, 1.165) is 33.8 Å². The SMILES string of the molecule is CCOc1ccc2ccccc2c1-c1ccc2c(c1)N(C(C)C)c1ccc(-c3c(OCC)ccc4ccccc34)cc1N2C(C)C. The Morgan fingerprint density at radius 3 is 1.28 bits per heavy atom. The van der Waals surface area contributed by atoms with Crippen LogP contribution in [0.3, 0.4) is 0 Å². The highest BCUT2D eigenvalue weighted by Gasteiger charge is 2.32. The minimum absolute atomic E-state index is 0.239. The first-order valence-corrected chi connectivity index (χ1v) is 16.6. The Bertz CT molecular complexity index is 1910. The van der Waals surface area contributed by atoms with Crippen molar-refractivity contribution in [1.29, 1.82) is 0 Å². The summed E-state index contributed by atoms with van der Waals surface area (Å²) < 4.78 is 12.4. The zero-order chi connectivity index (χ0) is 31.9. The lowest BCUT2D eigenvalue weighted by atomic mass is 9.93. The van der Waals surface area contributed by atoms with Crippen molar-refractivity contribution in [1.82, 2.24) is 0 Å². The molecule has 0 saturated carbocycles. The molecule has 6 aromatic carbocycles. The Morgan fingerprint density at radius 1 is 0.478 bits per heavy atom. The van der Waals surface area contributed by atoms with E-state index >= 15 is 0 Å². The van der Waals surface area contributed by atoms with E-state index in [2.05, 4.69) is 147 Å². The molecule has 0 amide bonds. The van der Waals surface area contributed by atoms with Crippen LogP contribution in [0, 0.1) is 0 Å². The first-order chi connectivity index (χ1) is 22.4. The van der Waals surface area contributed by atoms with E-state index in [1.165, 1.54) is 44.3 Å². The molecular formula is C42H42N2O2. The molecule has 0 spiro atoms. The molecule has 4 nitrogen and oxygen atoms in total. The number of nitrogens with zero attached hydrogens (tertiary/aromatic N) is 2. The van der Waals surface area contributed by atoms with Crippen LogP contribution in [0.4, 0.5) is 22.7 Å². The molecule has 1 aliphatic rings. The van der Waals surface area contributed by atoms with E-state index in [9.17, 15) is 0 Å². The van der Waals surface area contributed by atoms with Crippen LogP contribution in [-0.4, -0.2) is 25.3 Å². The molecule has 0 fully saturated rings. The number of benzene rings is 6. The summed E-state index contributed by atoms with van der Waals surface area (Å²) in [4.78, 5) is 4.99. The fourth-order valence-electron chi connectivity index (χ4n) is 7.17. The second-order valence-corrected chi connectivity index (χ2v) is 12.5. The second-order valence-electron chi connectivity index (χ2n) is 12.5. The third-order valence-electron chi connectivity index (χ3n) is 8.98. The first kappa shape index (κ1) is 29.7. The number of fused-ring (bicyclic) bond motifs is 4. The smallest absolute Gasteiger partial charge is 0.127 e. The van der Waals surface area contributed by atoms with Crippen molar-refractivity contribution < 1.29 is 9.47 Å². The monoisotopic (exact) mass is 606 g/mol. The van der Waals surface area contributed by atoms with Crippen LogP contribution in [-0.2, 0) is 0 Å². The fourth-order valence-corrected chi connectivity index (χ4v) is 7.17. The molecule has 7 rings (SSSR count). The average Bonchev–Trinajstić information content (AvgIpc) is 3.06. The van der Waals surface area contributed by atoms with Gasteiger partial charge >= 0.3 is 0 Å². The molecule has 0 saturated heterocycles. The van der Waals surface area contributed by atoms with Gasteiger partial charge in [-0.1, -0.05) is 72.8 Å². The molecule has 0 atom stereocenters. The van der Waals surface area contributed by atoms with Gasteiger partial charge in [-0.05, 0) is 111 Å². The summed E-state index contributed by atoms with van der Waals surface area (Å²) in [5.74, 6) is 1.83. The van der Waals surface area contributed by atoms with Crippen molar-refractivity contribution >= 4 is 44.3 Å². The van der Waals surface area contributed by atoms with Crippen LogP contribution in [0.15, 0.2) is 109 Å². The van der Waals surface area contributed by atoms with E-state index in [-0.39, 0.29) is 12.1 Å². The van der Waals surface area contributed by atoms with Crippen molar-refractivity contribution in [2.24, 2.45) is 0 Å². The van der Waals surface area contributed by atoms with Crippen molar-refractivity contribution in [3.8, 4) is 33.8 Å². The molecule has 0 bridgehead atoms. The lowest BCUT2D eigenvalue weighted by molar-refractivity contribution is 0.342. The molecule has 0 unspecified atom stereocenters. The van der Waals surface area contributed by atoms with Gasteiger partial charge < -0.3 is 19.3 Å². The van der Waals surface area contributed by atoms with Gasteiger partial charge in [-0.15, -0.1) is 0 Å². The molecule has 0 radical (unpaired) electrons. The van der Waals surface area contributed by atoms with Crippen LogP contribution < -0.4 is 19.3 Å². The quantitative estimate of drug-likeness (QED) is 0.172. The number of ether oxygens (including phenoxy) is 2. The third-order valence-corrected chi connectivity index (χ3v) is 8.98. The van der Waals surface area contributed by atoms with E-state index in [1.807, 2.05) is 13.8 Å². The normalized spacial score (nSPS) is 12.6. The molecule has 1 aliphatic heterocycles. The molecule has 6 aromatic rings. The number of anilines is 4. The van der Waals surface area contributed by atoms with Gasteiger partial charge in [0.2, 0.25) is 0 Å². The molecular weight excluding hydrogens is 564 g/mol. The Labute approximate surface area is 272 Å². The Kier molecular flexibility index (Phi) is 7.82. The molecule has 1 heterocycles. The Morgan fingerprint density at radius 2 is 0.891 bits per heavy atom. The van der Waals surface area contributed by atoms with Gasteiger partial charge in [0.25, 0.3) is 0 Å². The molecule has 0 aliphatic carbocycles. The van der Waals surface area contributed by atoms with Crippen molar-refractivity contribution in [2.75, 3.05) is 23.0 Å². The molecule has 0 aromatic heterocycles. The fraction of sp³-hybridized carbons (Fsp3) is 0.238. The van der Waals surface area contributed by atoms with Crippen LogP contribution in [0.5, 0.6) is 11.5 Å². The predicted molar refractivity (Wildman–Crippen MR) is 196 cm³/mol. The first-order valence-electron chi connectivity index (χ1n) is 16.6. The molecule has 0 N–H and O–H groups in total. The predicted octanol–water partition coefficient (Wildman–Crippen LogP) is 11.5. The van der Waals surface area contributed by atoms with E-state index in [1.54, 1.807) is 0 Å². The van der Waals surface area contributed by atoms with Gasteiger partial charge in [0.15, 0.2) is 0 Å². The largest absolute Gasteiger partial charge is 0.493 e. The van der Waals surface area contributed by atoms with Crippen LogP contribution in [0.2, 0.25) is 0 Å². The summed E-state index contributed by atoms with van der Waals surface area (Å²) >= 11 is 0. The van der Waals surface area contributed by atoms with Gasteiger partial charge in [0.05, 0.1) is 36.0 Å². The summed E-state index contributed by atoms with van der Waals surface area (Å²) in [5, 5.41) is 4.82. The van der Waals surface area contributed by atoms with Crippen LogP contribution in [0.25, 0.3) is 43.8 Å². The summed E-state index contributed by atoms with van der Waals surface area (Å²) in [6.45, 7) is 14.4. The summed E-state index contributed by atoms with van der Waals surface area (Å²) in [6, 6.07) is 40.1. The van der Waals surface area contributed by atoms with Crippen LogP contribution in [0.1, 0.15) is 41.5 Å². The van der Waals surface area contributed by atoms with Crippen molar-refractivity contribution in [3.05, 3.63) is 109 Å². The third kappa shape index (κ3) is 4.93. The highest BCUT2D eigenvalue weighted by atomic mass is 16.5. The minimum atomic E-state index is 0.239. The van der Waals surface area contributed by atoms with Crippen molar-refractivity contribution in [2.45, 2.75) is 53.6 Å². The number of hydrogen-bond acceptors (Lipinski definition) is 4. The van der Waals surface area contributed by atoms with Crippen molar-refractivity contribution in [3.63, 3.8) is 0 Å². The van der Waals surface area contributed by atoms with Gasteiger partial charge in [-0.2, -0.15) is 0 Å². The van der Waals surface area contributed by atoms with Gasteiger partial charge in [0.1, 0.15) is 11.5 Å². The Hall–Kier alpha value is -4.96. The zero-order valence-corrected chi connectivity index (χ0v) is 27.7. The highest BCUT2D eigenvalue weighted by Crippen LogP contribution is 2.53. The zero-order valence-electron chi connectivity index (χ0n) is 27.7. The molecule has 46 heavy (non-hydrogen) atoms. The second kappa shape index (κ2) is 12.1. The maximum Gasteiger partial charge on any atom is 0.127 e. The topological polar surface area (TPSA) is 24.9 Å². The summed E-state index contributed by atoms with van der Waals surface area (Å²) in [7, 11) is 0. The molecule has 232 valence electrons. The number of hydrogen-bond donors (Lipinski definition) is 0. The van der Waals surface area contributed by atoms with E-state index in [4.69, 9.17) is 9.47 Å². The lowest BCUT2D eigenvalue weighted by Gasteiger charge is -2.44. The highest BCUT2D eigenvalue weighted by molar-refractivity contribution is 6.05. The molecule has 4 heteroatoms. The maximum atomic E-state index is 6.21. The van der Waals surface area contributed by atoms with E-state index in [0.29, 0.717) is 13.2 Å². The van der Waals surface area contributed by atoms with Crippen LogP contribution >= 0.6 is 0 Å². The minimum Gasteiger partial charge on any atom is -0.493 e. The Balaban J connectivity index is 1.44. The summed E-state index contributed by atoms with van der Waals surface area (Å²) in [5.41, 5.74) is 9.42. The van der Waals surface area contributed by atoms with Gasteiger partial charge in [0, 0.05) is 23.2 Å². The average molecular weight is 607 g/mol. The standard InChI is InChI=1S/C42H42N2O2/c1-7-45-39-23-19-29-13-9-11-15-33(29)41(39)31-17-21-35-37(25-31)43(27(3)4)36-22-18-32(26-38(36)44(35)28(5)6)42-34-16-12-10-14-30(34)20-24-40(42)46-8-2/h9-28H,7-8H2,1-6H3. The maximum absolute atomic E-state index is 6.21. The summed E-state index contributed by atoms with van der Waals surface area (Å²) in [6.07, 6.45) is 0. The van der Waals surface area contributed by atoms with Gasteiger partial charge in [-0.3, -0.25) is 0 Å². The van der Waals surface area contributed by atoms with E-state index < -0.39 is 0 Å². The number of rotatable bonds is 8. The lowest BCUT2D eigenvalue weighted by Crippen LogP contribution is -2.36. The van der Waals surface area contributed by atoms with Gasteiger partial charge in [-0.25, -0.2) is 0 Å².